The first-order chi connectivity index (χ1) is 6.74. The summed E-state index contributed by atoms with van der Waals surface area (Å²) in [5.41, 5.74) is 1.58. The largest absolute Gasteiger partial charge is 0.385 e. The highest BCUT2D eigenvalue weighted by Gasteiger charge is 1.97. The molecule has 0 bridgehead atoms. The van der Waals surface area contributed by atoms with Crippen LogP contribution in [0, 0.1) is 12.7 Å². The molecule has 0 amide bonds. The summed E-state index contributed by atoms with van der Waals surface area (Å²) in [6.45, 7) is 4.87. The van der Waals surface area contributed by atoms with Crippen LogP contribution in [-0.2, 0) is 0 Å². The molecule has 1 aromatic carbocycles. The summed E-state index contributed by atoms with van der Waals surface area (Å²) < 4.78 is 13.1. The molecule has 1 N–H and O–H groups in total. The van der Waals surface area contributed by atoms with Crippen LogP contribution in [0.15, 0.2) is 18.2 Å². The van der Waals surface area contributed by atoms with E-state index in [-0.39, 0.29) is 5.82 Å². The zero-order valence-corrected chi connectivity index (χ0v) is 8.94. The average molecular weight is 195 g/mol. The van der Waals surface area contributed by atoms with Crippen molar-refractivity contribution in [2.75, 3.05) is 11.9 Å². The van der Waals surface area contributed by atoms with E-state index < -0.39 is 0 Å². The summed E-state index contributed by atoms with van der Waals surface area (Å²) in [4.78, 5) is 0. The first kappa shape index (κ1) is 11.0. The van der Waals surface area contributed by atoms with Crippen molar-refractivity contribution in [3.63, 3.8) is 0 Å². The number of halogens is 1. The van der Waals surface area contributed by atoms with Crippen molar-refractivity contribution in [1.29, 1.82) is 0 Å². The zero-order chi connectivity index (χ0) is 10.4. The molecule has 0 unspecified atom stereocenters. The van der Waals surface area contributed by atoms with E-state index in [0.717, 1.165) is 18.7 Å². The van der Waals surface area contributed by atoms with Crippen molar-refractivity contribution in [1.82, 2.24) is 0 Å². The van der Waals surface area contributed by atoms with Gasteiger partial charge >= 0.3 is 0 Å². The first-order valence-electron chi connectivity index (χ1n) is 5.24. The predicted molar refractivity (Wildman–Crippen MR) is 59.2 cm³/mol. The summed E-state index contributed by atoms with van der Waals surface area (Å²) in [5.74, 6) is -0.134. The molecule has 0 aliphatic heterocycles. The molecule has 1 rings (SSSR count). The minimum atomic E-state index is -0.134. The van der Waals surface area contributed by atoms with E-state index in [1.165, 1.54) is 12.8 Å². The molecule has 0 saturated heterocycles. The Labute approximate surface area is 85.3 Å². The number of benzene rings is 1. The van der Waals surface area contributed by atoms with Gasteiger partial charge in [0.15, 0.2) is 0 Å². The lowest BCUT2D eigenvalue weighted by Crippen LogP contribution is -2.01. The van der Waals surface area contributed by atoms with Gasteiger partial charge < -0.3 is 5.32 Å². The van der Waals surface area contributed by atoms with Crippen LogP contribution >= 0.6 is 0 Å². The Hall–Kier alpha value is -1.05. The fourth-order valence-electron chi connectivity index (χ4n) is 1.31. The average Bonchev–Trinajstić information content (AvgIpc) is 2.18. The maximum Gasteiger partial charge on any atom is 0.128 e. The number of hydrogen-bond donors (Lipinski definition) is 1. The number of nitrogens with one attached hydrogen (secondary N) is 1. The molecule has 0 aliphatic carbocycles. The lowest BCUT2D eigenvalue weighted by Gasteiger charge is -2.06. The zero-order valence-electron chi connectivity index (χ0n) is 8.94. The van der Waals surface area contributed by atoms with Crippen molar-refractivity contribution >= 4 is 5.69 Å². The van der Waals surface area contributed by atoms with Gasteiger partial charge in [-0.05, 0) is 31.0 Å². The molecule has 0 fully saturated rings. The summed E-state index contributed by atoms with van der Waals surface area (Å²) >= 11 is 0. The minimum absolute atomic E-state index is 0.134. The fourth-order valence-corrected chi connectivity index (χ4v) is 1.31. The maximum absolute atomic E-state index is 13.1. The van der Waals surface area contributed by atoms with E-state index in [0.29, 0.717) is 5.56 Å². The third-order valence-corrected chi connectivity index (χ3v) is 2.28. The van der Waals surface area contributed by atoms with Crippen LogP contribution in [0.2, 0.25) is 0 Å². The highest BCUT2D eigenvalue weighted by Crippen LogP contribution is 2.13. The van der Waals surface area contributed by atoms with Crippen LogP contribution in [0.5, 0.6) is 0 Å². The monoisotopic (exact) mass is 195 g/mol. The molecular weight excluding hydrogens is 177 g/mol. The Morgan fingerprint density at radius 2 is 2.07 bits per heavy atom. The molecular formula is C12H18FN. The molecule has 2 heteroatoms. The molecule has 0 aromatic heterocycles. The first-order valence-corrected chi connectivity index (χ1v) is 5.24. The van der Waals surface area contributed by atoms with Crippen LogP contribution in [0.1, 0.15) is 31.7 Å². The predicted octanol–water partition coefficient (Wildman–Crippen LogP) is 3.74. The lowest BCUT2D eigenvalue weighted by molar-refractivity contribution is 0.619. The fraction of sp³-hybridized carbons (Fsp3) is 0.500. The second-order valence-corrected chi connectivity index (χ2v) is 3.60. The molecule has 0 saturated carbocycles. The lowest BCUT2D eigenvalue weighted by atomic mass is 10.2. The molecule has 1 nitrogen and oxygen atoms in total. The Bertz CT molecular complexity index is 284. The Morgan fingerprint density at radius 3 is 2.71 bits per heavy atom. The molecule has 78 valence electrons. The van der Waals surface area contributed by atoms with Crippen molar-refractivity contribution < 1.29 is 4.39 Å². The summed E-state index contributed by atoms with van der Waals surface area (Å²) in [6.07, 6.45) is 3.58. The topological polar surface area (TPSA) is 12.0 Å². The van der Waals surface area contributed by atoms with Crippen molar-refractivity contribution in [3.05, 3.63) is 29.6 Å². The normalized spacial score (nSPS) is 10.2. The number of unbranched alkanes of at least 4 members (excludes halogenated alkanes) is 2. The van der Waals surface area contributed by atoms with Crippen molar-refractivity contribution in [2.45, 2.75) is 33.1 Å². The smallest absolute Gasteiger partial charge is 0.128 e. The second-order valence-electron chi connectivity index (χ2n) is 3.60. The molecule has 0 aliphatic rings. The van der Waals surface area contributed by atoms with Crippen LogP contribution in [-0.4, -0.2) is 6.54 Å². The molecule has 0 heterocycles. The van der Waals surface area contributed by atoms with Crippen molar-refractivity contribution in [2.24, 2.45) is 0 Å². The van der Waals surface area contributed by atoms with Gasteiger partial charge in [0.2, 0.25) is 0 Å². The number of aryl methyl sites for hydroxylation is 1. The van der Waals surface area contributed by atoms with Crippen LogP contribution < -0.4 is 5.32 Å². The third-order valence-electron chi connectivity index (χ3n) is 2.28. The van der Waals surface area contributed by atoms with Crippen LogP contribution in [0.25, 0.3) is 0 Å². The van der Waals surface area contributed by atoms with Gasteiger partial charge in [-0.1, -0.05) is 25.8 Å². The molecule has 0 spiro atoms. The maximum atomic E-state index is 13.1. The number of rotatable bonds is 5. The van der Waals surface area contributed by atoms with E-state index in [1.807, 2.05) is 6.07 Å². The molecule has 14 heavy (non-hydrogen) atoms. The van der Waals surface area contributed by atoms with Gasteiger partial charge in [0.25, 0.3) is 0 Å². The van der Waals surface area contributed by atoms with Crippen molar-refractivity contribution in [3.8, 4) is 0 Å². The van der Waals surface area contributed by atoms with Gasteiger partial charge in [0, 0.05) is 12.2 Å². The van der Waals surface area contributed by atoms with Gasteiger partial charge in [-0.3, -0.25) is 0 Å². The highest BCUT2D eigenvalue weighted by atomic mass is 19.1. The van der Waals surface area contributed by atoms with Gasteiger partial charge in [-0.15, -0.1) is 0 Å². The second kappa shape index (κ2) is 5.63. The highest BCUT2D eigenvalue weighted by molar-refractivity contribution is 5.44. The standard InChI is InChI=1S/C12H18FN/c1-3-4-5-8-14-11-7-6-10(2)12(13)9-11/h6-7,9,14H,3-5,8H2,1-2H3. The van der Waals surface area contributed by atoms with E-state index >= 15 is 0 Å². The van der Waals surface area contributed by atoms with E-state index in [4.69, 9.17) is 0 Å². The van der Waals surface area contributed by atoms with E-state index in [9.17, 15) is 4.39 Å². The van der Waals surface area contributed by atoms with Crippen LogP contribution in [0.3, 0.4) is 0 Å². The molecule has 1 aromatic rings. The molecule has 0 atom stereocenters. The van der Waals surface area contributed by atoms with E-state index in [1.54, 1.807) is 19.1 Å². The number of hydrogen-bond acceptors (Lipinski definition) is 1. The Balaban J connectivity index is 2.39. The molecule has 0 radical (unpaired) electrons. The summed E-state index contributed by atoms with van der Waals surface area (Å²) in [7, 11) is 0. The SMILES string of the molecule is CCCCCNc1ccc(C)c(F)c1. The quantitative estimate of drug-likeness (QED) is 0.706. The summed E-state index contributed by atoms with van der Waals surface area (Å²) in [5, 5.41) is 3.21. The van der Waals surface area contributed by atoms with Crippen LogP contribution in [0.4, 0.5) is 10.1 Å². The van der Waals surface area contributed by atoms with E-state index in [2.05, 4.69) is 12.2 Å². The Morgan fingerprint density at radius 1 is 1.29 bits per heavy atom. The van der Waals surface area contributed by atoms with Gasteiger partial charge in [-0.2, -0.15) is 0 Å². The number of anilines is 1. The third kappa shape index (κ3) is 3.36. The van der Waals surface area contributed by atoms with Gasteiger partial charge in [0.1, 0.15) is 5.82 Å². The van der Waals surface area contributed by atoms with Gasteiger partial charge in [0.05, 0.1) is 0 Å². The van der Waals surface area contributed by atoms with Gasteiger partial charge in [-0.25, -0.2) is 4.39 Å². The Kier molecular flexibility index (Phi) is 4.44. The summed E-state index contributed by atoms with van der Waals surface area (Å²) in [6, 6.07) is 5.28. The minimum Gasteiger partial charge on any atom is -0.385 e.